The molecule has 0 unspecified atom stereocenters. The van der Waals surface area contributed by atoms with Crippen molar-refractivity contribution < 1.29 is 4.79 Å². The Hall–Kier alpha value is -1.79. The number of amides is 1. The molecule has 0 aliphatic carbocycles. The molecule has 2 rings (SSSR count). The molecule has 1 aromatic carbocycles. The molecule has 0 saturated carbocycles. The normalized spacial score (nSPS) is 12.7. The van der Waals surface area contributed by atoms with Crippen molar-refractivity contribution in [2.24, 2.45) is 0 Å². The predicted octanol–water partition coefficient (Wildman–Crippen LogP) is 1.14. The second-order valence-corrected chi connectivity index (χ2v) is 3.72. The summed E-state index contributed by atoms with van der Waals surface area (Å²) in [7, 11) is 1.90. The van der Waals surface area contributed by atoms with Gasteiger partial charge in [-0.15, -0.1) is 0 Å². The molecule has 1 aliphatic rings. The molecule has 16 heavy (non-hydrogen) atoms. The molecule has 0 bridgehead atoms. The number of hydrogen-bond acceptors (Lipinski definition) is 2. The summed E-state index contributed by atoms with van der Waals surface area (Å²) in [6.45, 7) is 0.883. The van der Waals surface area contributed by atoms with Crippen molar-refractivity contribution in [3.63, 3.8) is 0 Å². The largest absolute Gasteiger partial charge is 0.324 e. The Balaban J connectivity index is 2.19. The van der Waals surface area contributed by atoms with Crippen LogP contribution >= 0.6 is 0 Å². The van der Waals surface area contributed by atoms with E-state index >= 15 is 0 Å². The molecule has 0 radical (unpaired) electrons. The highest BCUT2D eigenvalue weighted by atomic mass is 16.1. The zero-order chi connectivity index (χ0) is 11.4. The molecule has 1 heterocycles. The van der Waals surface area contributed by atoms with E-state index in [1.807, 2.05) is 25.2 Å². The summed E-state index contributed by atoms with van der Waals surface area (Å²) in [4.78, 5) is 11.3. The summed E-state index contributed by atoms with van der Waals surface area (Å²) in [5.41, 5.74) is 2.86. The third-order valence-corrected chi connectivity index (χ3v) is 2.49. The van der Waals surface area contributed by atoms with Crippen LogP contribution in [0.4, 0.5) is 5.69 Å². The molecule has 0 spiro atoms. The van der Waals surface area contributed by atoms with Crippen molar-refractivity contribution in [3.05, 3.63) is 29.3 Å². The third kappa shape index (κ3) is 2.23. The lowest BCUT2D eigenvalue weighted by molar-refractivity contribution is -0.115. The van der Waals surface area contributed by atoms with Gasteiger partial charge in [0.1, 0.15) is 0 Å². The fourth-order valence-corrected chi connectivity index (χ4v) is 1.70. The molecule has 3 heteroatoms. The van der Waals surface area contributed by atoms with Crippen molar-refractivity contribution in [1.82, 2.24) is 5.32 Å². The number of hydrogen-bond donors (Lipinski definition) is 2. The van der Waals surface area contributed by atoms with E-state index in [0.29, 0.717) is 6.42 Å². The highest BCUT2D eigenvalue weighted by molar-refractivity contribution is 6.00. The molecule has 0 aromatic heterocycles. The van der Waals surface area contributed by atoms with E-state index < -0.39 is 0 Å². The van der Waals surface area contributed by atoms with Gasteiger partial charge in [-0.2, -0.15) is 0 Å². The Bertz CT molecular complexity index is 469. The summed E-state index contributed by atoms with van der Waals surface area (Å²) >= 11 is 0. The molecule has 82 valence electrons. The van der Waals surface area contributed by atoms with Crippen molar-refractivity contribution >= 4 is 11.6 Å². The first-order valence-electron chi connectivity index (χ1n) is 5.36. The van der Waals surface area contributed by atoms with Gasteiger partial charge in [0.05, 0.1) is 12.1 Å². The summed E-state index contributed by atoms with van der Waals surface area (Å²) in [5, 5.41) is 5.89. The summed E-state index contributed by atoms with van der Waals surface area (Å²) in [5.74, 6) is 6.23. The highest BCUT2D eigenvalue weighted by Crippen LogP contribution is 2.26. The summed E-state index contributed by atoms with van der Waals surface area (Å²) < 4.78 is 0. The number of carbonyl (C=O) groups is 1. The summed E-state index contributed by atoms with van der Waals surface area (Å²) in [6.07, 6.45) is 1.29. The quantitative estimate of drug-likeness (QED) is 0.572. The van der Waals surface area contributed by atoms with Crippen LogP contribution in [0.15, 0.2) is 18.2 Å². The van der Waals surface area contributed by atoms with Gasteiger partial charge >= 0.3 is 0 Å². The number of rotatable bonds is 2. The standard InChI is InChI=1S/C13H14N2O/c1-14-8-3-2-5-10-6-4-7-11-9-12(16)15-13(10)11/h4,6-7,14H,3,8-9H2,1H3,(H,15,16). The van der Waals surface area contributed by atoms with E-state index in [0.717, 1.165) is 29.8 Å². The Labute approximate surface area is 95.2 Å². The van der Waals surface area contributed by atoms with Crippen LogP contribution in [0, 0.1) is 11.8 Å². The highest BCUT2D eigenvalue weighted by Gasteiger charge is 2.19. The molecule has 0 atom stereocenters. The van der Waals surface area contributed by atoms with E-state index in [1.165, 1.54) is 0 Å². The molecule has 1 aromatic rings. The zero-order valence-electron chi connectivity index (χ0n) is 9.26. The number of fused-ring (bicyclic) bond motifs is 1. The fraction of sp³-hybridized carbons (Fsp3) is 0.308. The SMILES string of the molecule is CNCCC#Cc1cccc2c1NC(=O)C2. The summed E-state index contributed by atoms with van der Waals surface area (Å²) in [6, 6.07) is 5.85. The monoisotopic (exact) mass is 214 g/mol. The molecule has 1 amide bonds. The van der Waals surface area contributed by atoms with Gasteiger partial charge in [0.2, 0.25) is 5.91 Å². The predicted molar refractivity (Wildman–Crippen MR) is 64.2 cm³/mol. The molecule has 2 N–H and O–H groups in total. The van der Waals surface area contributed by atoms with Crippen molar-refractivity contribution in [2.45, 2.75) is 12.8 Å². The van der Waals surface area contributed by atoms with Crippen molar-refractivity contribution in [2.75, 3.05) is 18.9 Å². The Morgan fingerprint density at radius 1 is 1.50 bits per heavy atom. The van der Waals surface area contributed by atoms with Gasteiger partial charge in [-0.3, -0.25) is 4.79 Å². The van der Waals surface area contributed by atoms with Gasteiger partial charge in [-0.05, 0) is 18.7 Å². The fourth-order valence-electron chi connectivity index (χ4n) is 1.70. The average Bonchev–Trinajstić information content (AvgIpc) is 2.65. The van der Waals surface area contributed by atoms with Crippen LogP contribution in [0.1, 0.15) is 17.5 Å². The van der Waals surface area contributed by atoms with Crippen LogP contribution < -0.4 is 10.6 Å². The number of anilines is 1. The molecule has 0 fully saturated rings. The number of para-hydroxylation sites is 1. The third-order valence-electron chi connectivity index (χ3n) is 2.49. The van der Waals surface area contributed by atoms with Gasteiger partial charge in [0.25, 0.3) is 0 Å². The maximum atomic E-state index is 11.3. The first-order chi connectivity index (χ1) is 7.81. The van der Waals surface area contributed by atoms with Gasteiger partial charge in [0, 0.05) is 18.5 Å². The Morgan fingerprint density at radius 2 is 2.38 bits per heavy atom. The van der Waals surface area contributed by atoms with Crippen LogP contribution in [0.3, 0.4) is 0 Å². The topological polar surface area (TPSA) is 41.1 Å². The maximum absolute atomic E-state index is 11.3. The minimum atomic E-state index is 0.0551. The second kappa shape index (κ2) is 4.82. The smallest absolute Gasteiger partial charge is 0.228 e. The van der Waals surface area contributed by atoms with Crippen LogP contribution in [-0.4, -0.2) is 19.5 Å². The van der Waals surface area contributed by atoms with Crippen LogP contribution in [0.2, 0.25) is 0 Å². The first kappa shape index (κ1) is 10.7. The van der Waals surface area contributed by atoms with E-state index in [9.17, 15) is 4.79 Å². The van der Waals surface area contributed by atoms with Crippen LogP contribution in [0.25, 0.3) is 0 Å². The lowest BCUT2D eigenvalue weighted by atomic mass is 10.1. The van der Waals surface area contributed by atoms with Gasteiger partial charge in [-0.25, -0.2) is 0 Å². The van der Waals surface area contributed by atoms with Crippen LogP contribution in [0.5, 0.6) is 0 Å². The molecule has 1 aliphatic heterocycles. The second-order valence-electron chi connectivity index (χ2n) is 3.72. The number of nitrogens with one attached hydrogen (secondary N) is 2. The van der Waals surface area contributed by atoms with Gasteiger partial charge in [-0.1, -0.05) is 24.0 Å². The van der Waals surface area contributed by atoms with Gasteiger partial charge in [0.15, 0.2) is 0 Å². The maximum Gasteiger partial charge on any atom is 0.228 e. The lowest BCUT2D eigenvalue weighted by Crippen LogP contribution is -2.06. The van der Waals surface area contributed by atoms with E-state index in [4.69, 9.17) is 0 Å². The Morgan fingerprint density at radius 3 is 3.19 bits per heavy atom. The molecular weight excluding hydrogens is 200 g/mol. The number of carbonyl (C=O) groups excluding carboxylic acids is 1. The van der Waals surface area contributed by atoms with Gasteiger partial charge < -0.3 is 10.6 Å². The molecule has 0 saturated heterocycles. The molecule has 3 nitrogen and oxygen atoms in total. The number of benzene rings is 1. The van der Waals surface area contributed by atoms with E-state index in [2.05, 4.69) is 22.5 Å². The van der Waals surface area contributed by atoms with Crippen molar-refractivity contribution in [1.29, 1.82) is 0 Å². The van der Waals surface area contributed by atoms with E-state index in [-0.39, 0.29) is 5.91 Å². The lowest BCUT2D eigenvalue weighted by Gasteiger charge is -2.00. The minimum absolute atomic E-state index is 0.0551. The van der Waals surface area contributed by atoms with E-state index in [1.54, 1.807) is 0 Å². The first-order valence-corrected chi connectivity index (χ1v) is 5.36. The molecular formula is C13H14N2O. The Kier molecular flexibility index (Phi) is 3.23. The minimum Gasteiger partial charge on any atom is -0.324 e. The zero-order valence-corrected chi connectivity index (χ0v) is 9.26. The van der Waals surface area contributed by atoms with Crippen LogP contribution in [-0.2, 0) is 11.2 Å². The van der Waals surface area contributed by atoms with Crippen molar-refractivity contribution in [3.8, 4) is 11.8 Å². The average molecular weight is 214 g/mol.